The van der Waals surface area contributed by atoms with Gasteiger partial charge in [0.25, 0.3) is 0 Å². The summed E-state index contributed by atoms with van der Waals surface area (Å²) in [7, 11) is 0. The Morgan fingerprint density at radius 3 is 1.85 bits per heavy atom. The molecule has 0 saturated heterocycles. The van der Waals surface area contributed by atoms with Crippen molar-refractivity contribution in [3.63, 3.8) is 0 Å². The standard InChI is InChI=1S/C46H34N2/c1-3-11-31-19-22-37(26-30(31)4-2)43-40-16-9-10-17-41(40)44(38-23-20-33-13-6-8-15-35(33)28-38)46-45(43)47-42-25-24-39(29-48(42)46)36-21-18-32-12-5-7-14-34(32)27-36/h3,5-29H,4H2,1-2H3/b11-3-. The van der Waals surface area contributed by atoms with Crippen molar-refractivity contribution in [1.29, 1.82) is 0 Å². The summed E-state index contributed by atoms with van der Waals surface area (Å²) in [5, 5.41) is 7.40. The maximum atomic E-state index is 5.44. The van der Waals surface area contributed by atoms with Gasteiger partial charge >= 0.3 is 0 Å². The number of hydrogen-bond acceptors (Lipinski definition) is 1. The Morgan fingerprint density at radius 1 is 0.562 bits per heavy atom. The molecule has 0 aliphatic carbocycles. The van der Waals surface area contributed by atoms with E-state index in [2.05, 4.69) is 176 Å². The maximum Gasteiger partial charge on any atom is 0.137 e. The topological polar surface area (TPSA) is 17.3 Å². The van der Waals surface area contributed by atoms with Crippen molar-refractivity contribution in [3.05, 3.63) is 163 Å². The zero-order chi connectivity index (χ0) is 32.2. The number of rotatable bonds is 5. The number of hydrogen-bond donors (Lipinski definition) is 0. The number of imidazole rings is 1. The van der Waals surface area contributed by atoms with Crippen LogP contribution < -0.4 is 0 Å². The molecule has 0 atom stereocenters. The molecule has 0 spiro atoms. The van der Waals surface area contributed by atoms with E-state index in [1.54, 1.807) is 0 Å². The summed E-state index contributed by atoms with van der Waals surface area (Å²) in [4.78, 5) is 5.44. The van der Waals surface area contributed by atoms with E-state index >= 15 is 0 Å². The van der Waals surface area contributed by atoms with Gasteiger partial charge in [0, 0.05) is 17.3 Å². The summed E-state index contributed by atoms with van der Waals surface area (Å²) in [6.45, 7) is 4.32. The predicted octanol–water partition coefficient (Wildman–Crippen LogP) is 12.5. The average Bonchev–Trinajstić information content (AvgIpc) is 3.52. The van der Waals surface area contributed by atoms with Gasteiger partial charge in [0.05, 0.1) is 11.0 Å². The molecule has 0 aliphatic rings. The van der Waals surface area contributed by atoms with Crippen LogP contribution in [-0.4, -0.2) is 9.38 Å². The number of allylic oxidation sites excluding steroid dienone is 1. The van der Waals surface area contributed by atoms with Crippen LogP contribution in [0.2, 0.25) is 0 Å². The highest BCUT2D eigenvalue weighted by molar-refractivity contribution is 6.20. The quantitative estimate of drug-likeness (QED) is 0.188. The van der Waals surface area contributed by atoms with Crippen LogP contribution in [0.15, 0.2) is 152 Å². The van der Waals surface area contributed by atoms with Crippen molar-refractivity contribution < 1.29 is 0 Å². The predicted molar refractivity (Wildman–Crippen MR) is 206 cm³/mol. The summed E-state index contributed by atoms with van der Waals surface area (Å²) in [5.74, 6) is 0. The van der Waals surface area contributed by atoms with Crippen molar-refractivity contribution in [3.8, 4) is 33.4 Å². The average molecular weight is 615 g/mol. The molecule has 0 unspecified atom stereocenters. The van der Waals surface area contributed by atoms with Gasteiger partial charge in [-0.2, -0.15) is 0 Å². The maximum absolute atomic E-state index is 5.44. The fourth-order valence-electron chi connectivity index (χ4n) is 7.51. The largest absolute Gasteiger partial charge is 0.298 e. The smallest absolute Gasteiger partial charge is 0.137 e. The van der Waals surface area contributed by atoms with Gasteiger partial charge in [-0.25, -0.2) is 4.98 Å². The number of fused-ring (bicyclic) bond motifs is 6. The van der Waals surface area contributed by atoms with Gasteiger partial charge in [0.15, 0.2) is 0 Å². The minimum atomic E-state index is 0.939. The van der Waals surface area contributed by atoms with Crippen LogP contribution in [0, 0.1) is 0 Å². The van der Waals surface area contributed by atoms with Gasteiger partial charge in [0.1, 0.15) is 5.65 Å². The van der Waals surface area contributed by atoms with E-state index in [0.29, 0.717) is 0 Å². The van der Waals surface area contributed by atoms with Gasteiger partial charge in [-0.3, -0.25) is 4.40 Å². The van der Waals surface area contributed by atoms with Crippen molar-refractivity contribution in [2.45, 2.75) is 20.3 Å². The van der Waals surface area contributed by atoms with Gasteiger partial charge < -0.3 is 0 Å². The normalized spacial score (nSPS) is 12.0. The highest BCUT2D eigenvalue weighted by atomic mass is 15.0. The first-order chi connectivity index (χ1) is 23.7. The van der Waals surface area contributed by atoms with Gasteiger partial charge in [0.2, 0.25) is 0 Å². The summed E-state index contributed by atoms with van der Waals surface area (Å²) >= 11 is 0. The van der Waals surface area contributed by atoms with Gasteiger partial charge in [-0.05, 0) is 103 Å². The number of aryl methyl sites for hydroxylation is 1. The Bertz CT molecular complexity index is 2730. The van der Waals surface area contributed by atoms with E-state index in [4.69, 9.17) is 4.98 Å². The van der Waals surface area contributed by atoms with Crippen LogP contribution in [0.4, 0.5) is 0 Å². The highest BCUT2D eigenvalue weighted by Crippen LogP contribution is 2.45. The molecule has 7 aromatic carbocycles. The lowest BCUT2D eigenvalue weighted by Crippen LogP contribution is -1.94. The van der Waals surface area contributed by atoms with Gasteiger partial charge in [-0.15, -0.1) is 0 Å². The Hall–Kier alpha value is -5.99. The number of benzene rings is 7. The molecule has 0 N–H and O–H groups in total. The zero-order valence-electron chi connectivity index (χ0n) is 27.1. The van der Waals surface area contributed by atoms with Crippen LogP contribution in [-0.2, 0) is 6.42 Å². The SMILES string of the molecule is C/C=C\c1ccc(-c2c3ccccc3c(-c3ccc4ccccc4c3)c3c2nc2ccc(-c4ccc5ccccc5c4)cn23)cc1CC. The van der Waals surface area contributed by atoms with E-state index < -0.39 is 0 Å². The Morgan fingerprint density at radius 2 is 1.15 bits per heavy atom. The first-order valence-corrected chi connectivity index (χ1v) is 16.8. The molecule has 9 aromatic rings. The van der Waals surface area contributed by atoms with Crippen LogP contribution >= 0.6 is 0 Å². The van der Waals surface area contributed by atoms with Crippen molar-refractivity contribution >= 4 is 55.1 Å². The monoisotopic (exact) mass is 614 g/mol. The molecule has 0 amide bonds. The lowest BCUT2D eigenvalue weighted by Gasteiger charge is -2.17. The van der Waals surface area contributed by atoms with Crippen molar-refractivity contribution in [1.82, 2.24) is 9.38 Å². The molecular weight excluding hydrogens is 581 g/mol. The summed E-state index contributed by atoms with van der Waals surface area (Å²) < 4.78 is 2.33. The molecule has 2 nitrogen and oxygen atoms in total. The van der Waals surface area contributed by atoms with E-state index in [0.717, 1.165) is 28.7 Å². The molecule has 0 aliphatic heterocycles. The molecule has 0 radical (unpaired) electrons. The number of nitrogens with zero attached hydrogens (tertiary/aromatic N) is 2. The first-order valence-electron chi connectivity index (χ1n) is 16.8. The van der Waals surface area contributed by atoms with Crippen LogP contribution in [0.5, 0.6) is 0 Å². The molecule has 48 heavy (non-hydrogen) atoms. The molecule has 2 aromatic heterocycles. The second-order valence-electron chi connectivity index (χ2n) is 12.6. The van der Waals surface area contributed by atoms with Gasteiger partial charge in [-0.1, -0.05) is 134 Å². The summed E-state index contributed by atoms with van der Waals surface area (Å²) in [5.41, 5.74) is 12.8. The van der Waals surface area contributed by atoms with Crippen LogP contribution in [0.1, 0.15) is 25.0 Å². The van der Waals surface area contributed by atoms with E-state index in [-0.39, 0.29) is 0 Å². The first kappa shape index (κ1) is 28.3. The molecule has 0 fully saturated rings. The fraction of sp³-hybridized carbons (Fsp3) is 0.0652. The fourth-order valence-corrected chi connectivity index (χ4v) is 7.51. The minimum Gasteiger partial charge on any atom is -0.298 e. The lowest BCUT2D eigenvalue weighted by molar-refractivity contribution is 1.13. The molecule has 2 heteroatoms. The highest BCUT2D eigenvalue weighted by Gasteiger charge is 2.22. The zero-order valence-corrected chi connectivity index (χ0v) is 27.1. The lowest BCUT2D eigenvalue weighted by atomic mass is 9.88. The molecule has 2 heterocycles. The summed E-state index contributed by atoms with van der Waals surface area (Å²) in [6.07, 6.45) is 7.57. The van der Waals surface area contributed by atoms with Crippen LogP contribution in [0.25, 0.3) is 88.5 Å². The number of aromatic nitrogens is 2. The minimum absolute atomic E-state index is 0.939. The molecule has 0 bridgehead atoms. The molecular formula is C46H34N2. The van der Waals surface area contributed by atoms with Crippen molar-refractivity contribution in [2.75, 3.05) is 0 Å². The Labute approximate surface area is 280 Å². The van der Waals surface area contributed by atoms with Crippen LogP contribution in [0.3, 0.4) is 0 Å². The number of pyridine rings is 1. The molecule has 228 valence electrons. The Kier molecular flexibility index (Phi) is 6.69. The third kappa shape index (κ3) is 4.52. The third-order valence-corrected chi connectivity index (χ3v) is 9.84. The third-order valence-electron chi connectivity index (χ3n) is 9.84. The van der Waals surface area contributed by atoms with E-state index in [1.807, 2.05) is 0 Å². The molecule has 9 rings (SSSR count). The Balaban J connectivity index is 1.40. The second-order valence-corrected chi connectivity index (χ2v) is 12.6. The van der Waals surface area contributed by atoms with Crippen molar-refractivity contribution in [2.24, 2.45) is 0 Å². The summed E-state index contributed by atoms with van der Waals surface area (Å²) in [6, 6.07) is 50.9. The second kappa shape index (κ2) is 11.4. The van der Waals surface area contributed by atoms with E-state index in [1.165, 1.54) is 71.3 Å². The molecule has 0 saturated carbocycles. The van der Waals surface area contributed by atoms with E-state index in [9.17, 15) is 0 Å².